The Hall–Kier alpha value is -1.37. The minimum absolute atomic E-state index is 0.0134. The van der Waals surface area contributed by atoms with Gasteiger partial charge in [-0.2, -0.15) is 0 Å². The summed E-state index contributed by atoms with van der Waals surface area (Å²) >= 11 is 4.67. The number of halogens is 1. The Kier molecular flexibility index (Phi) is 4.57. The van der Waals surface area contributed by atoms with E-state index in [1.807, 2.05) is 24.3 Å². The fraction of sp³-hybridized carbons (Fsp3) is 0.0769. The third-order valence-corrected chi connectivity index (χ3v) is 4.05. The van der Waals surface area contributed by atoms with Crippen molar-refractivity contribution in [3.8, 4) is 0 Å². The van der Waals surface area contributed by atoms with Crippen LogP contribution in [0, 0.1) is 10.1 Å². The number of hydrogen-bond donors (Lipinski definition) is 1. The quantitative estimate of drug-likeness (QED) is 0.675. The van der Waals surface area contributed by atoms with Crippen molar-refractivity contribution < 1.29 is 10.0 Å². The summed E-state index contributed by atoms with van der Waals surface area (Å²) in [6, 6.07) is 12.3. The third kappa shape index (κ3) is 3.56. The highest BCUT2D eigenvalue weighted by Gasteiger charge is 2.15. The lowest BCUT2D eigenvalue weighted by molar-refractivity contribution is -0.387. The zero-order valence-corrected chi connectivity index (χ0v) is 12.1. The molecule has 98 valence electrons. The van der Waals surface area contributed by atoms with Crippen LogP contribution in [0.25, 0.3) is 0 Å². The second-order valence-corrected chi connectivity index (χ2v) is 5.80. The topological polar surface area (TPSA) is 63.4 Å². The number of nitro groups is 1. The van der Waals surface area contributed by atoms with E-state index in [1.54, 1.807) is 12.1 Å². The van der Waals surface area contributed by atoms with Crippen molar-refractivity contribution in [1.82, 2.24) is 0 Å². The molecule has 0 fully saturated rings. The fourth-order valence-corrected chi connectivity index (χ4v) is 2.68. The summed E-state index contributed by atoms with van der Waals surface area (Å²) < 4.78 is 0.960. The molecule has 0 saturated heterocycles. The minimum atomic E-state index is -0.430. The highest BCUT2D eigenvalue weighted by molar-refractivity contribution is 9.10. The van der Waals surface area contributed by atoms with Crippen LogP contribution in [-0.2, 0) is 6.61 Å². The zero-order chi connectivity index (χ0) is 13.8. The van der Waals surface area contributed by atoms with Crippen LogP contribution in [-0.4, -0.2) is 10.0 Å². The van der Waals surface area contributed by atoms with Crippen LogP contribution in [0.15, 0.2) is 56.7 Å². The van der Waals surface area contributed by atoms with E-state index in [4.69, 9.17) is 5.11 Å². The van der Waals surface area contributed by atoms with Gasteiger partial charge in [0.25, 0.3) is 5.69 Å². The predicted octanol–water partition coefficient (Wildman–Crippen LogP) is 4.00. The van der Waals surface area contributed by atoms with Crippen molar-refractivity contribution in [2.75, 3.05) is 0 Å². The van der Waals surface area contributed by atoms with Gasteiger partial charge in [0, 0.05) is 15.4 Å². The molecule has 0 aliphatic carbocycles. The van der Waals surface area contributed by atoms with Crippen LogP contribution in [0.3, 0.4) is 0 Å². The van der Waals surface area contributed by atoms with Crippen LogP contribution < -0.4 is 0 Å². The number of aliphatic hydroxyl groups excluding tert-OH is 1. The Balaban J connectivity index is 2.33. The van der Waals surface area contributed by atoms with E-state index >= 15 is 0 Å². The molecule has 2 aromatic carbocycles. The molecular formula is C13H10BrNO3S. The second-order valence-electron chi connectivity index (χ2n) is 3.77. The zero-order valence-electron chi connectivity index (χ0n) is 9.75. The molecule has 0 saturated carbocycles. The van der Waals surface area contributed by atoms with Gasteiger partial charge in [0.15, 0.2) is 0 Å². The first-order valence-corrected chi connectivity index (χ1v) is 7.02. The highest BCUT2D eigenvalue weighted by atomic mass is 79.9. The maximum Gasteiger partial charge on any atom is 0.283 e. The number of nitro benzene ring substituents is 1. The fourth-order valence-electron chi connectivity index (χ4n) is 1.52. The van der Waals surface area contributed by atoms with Gasteiger partial charge in [-0.05, 0) is 35.9 Å². The van der Waals surface area contributed by atoms with Crippen molar-refractivity contribution >= 4 is 33.4 Å². The predicted molar refractivity (Wildman–Crippen MR) is 77.3 cm³/mol. The van der Waals surface area contributed by atoms with Gasteiger partial charge in [-0.3, -0.25) is 10.1 Å². The van der Waals surface area contributed by atoms with Gasteiger partial charge in [-0.1, -0.05) is 33.8 Å². The lowest BCUT2D eigenvalue weighted by atomic mass is 10.2. The Labute approximate surface area is 122 Å². The second kappa shape index (κ2) is 6.18. The van der Waals surface area contributed by atoms with E-state index in [9.17, 15) is 10.1 Å². The molecule has 0 spiro atoms. The van der Waals surface area contributed by atoms with Crippen molar-refractivity contribution in [1.29, 1.82) is 0 Å². The number of nitrogens with zero attached hydrogens (tertiary/aromatic N) is 1. The molecule has 0 heterocycles. The summed E-state index contributed by atoms with van der Waals surface area (Å²) in [6.07, 6.45) is 0. The van der Waals surface area contributed by atoms with Gasteiger partial charge in [-0.15, -0.1) is 0 Å². The molecule has 0 atom stereocenters. The smallest absolute Gasteiger partial charge is 0.283 e. The number of benzene rings is 2. The van der Waals surface area contributed by atoms with E-state index in [-0.39, 0.29) is 12.3 Å². The van der Waals surface area contributed by atoms with Gasteiger partial charge < -0.3 is 5.11 Å². The SMILES string of the molecule is O=[N+]([O-])c1cc(CO)ccc1Sc1ccc(Br)cc1. The summed E-state index contributed by atoms with van der Waals surface area (Å²) in [4.78, 5) is 12.1. The molecular weight excluding hydrogens is 330 g/mol. The first-order valence-electron chi connectivity index (χ1n) is 5.42. The molecule has 19 heavy (non-hydrogen) atoms. The standard InChI is InChI=1S/C13H10BrNO3S/c14-10-2-4-11(5-3-10)19-13-6-1-9(8-16)7-12(13)15(17)18/h1-7,16H,8H2. The Morgan fingerprint density at radius 2 is 1.89 bits per heavy atom. The minimum Gasteiger partial charge on any atom is -0.392 e. The molecule has 0 radical (unpaired) electrons. The van der Waals surface area contributed by atoms with Gasteiger partial charge in [0.2, 0.25) is 0 Å². The first kappa shape index (κ1) is 14.0. The molecule has 2 aromatic rings. The molecule has 0 aromatic heterocycles. The van der Waals surface area contributed by atoms with Gasteiger partial charge in [0.1, 0.15) is 0 Å². The Morgan fingerprint density at radius 1 is 1.21 bits per heavy atom. The highest BCUT2D eigenvalue weighted by Crippen LogP contribution is 2.35. The van der Waals surface area contributed by atoms with Gasteiger partial charge in [0.05, 0.1) is 16.4 Å². The van der Waals surface area contributed by atoms with E-state index in [0.29, 0.717) is 10.5 Å². The number of hydrogen-bond acceptors (Lipinski definition) is 4. The summed E-state index contributed by atoms with van der Waals surface area (Å²) in [5.41, 5.74) is 0.548. The molecule has 4 nitrogen and oxygen atoms in total. The van der Waals surface area contributed by atoms with Crippen molar-refractivity contribution in [2.24, 2.45) is 0 Å². The largest absolute Gasteiger partial charge is 0.392 e. The lowest BCUT2D eigenvalue weighted by Gasteiger charge is -2.05. The normalized spacial score (nSPS) is 10.4. The first-order chi connectivity index (χ1) is 9.10. The van der Waals surface area contributed by atoms with Crippen LogP contribution in [0.5, 0.6) is 0 Å². The summed E-state index contributed by atoms with van der Waals surface area (Å²) in [6.45, 7) is -0.204. The molecule has 0 bridgehead atoms. The van der Waals surface area contributed by atoms with Crippen molar-refractivity contribution in [3.05, 3.63) is 62.6 Å². The molecule has 0 amide bonds. The van der Waals surface area contributed by atoms with Crippen LogP contribution in [0.2, 0.25) is 0 Å². The average Bonchev–Trinajstić information content (AvgIpc) is 2.41. The molecule has 0 aliphatic rings. The average molecular weight is 340 g/mol. The Morgan fingerprint density at radius 3 is 2.47 bits per heavy atom. The molecule has 0 unspecified atom stereocenters. The van der Waals surface area contributed by atoms with Gasteiger partial charge >= 0.3 is 0 Å². The van der Waals surface area contributed by atoms with E-state index in [0.717, 1.165) is 9.37 Å². The molecule has 1 N–H and O–H groups in total. The van der Waals surface area contributed by atoms with Crippen LogP contribution in [0.1, 0.15) is 5.56 Å². The molecule has 0 aliphatic heterocycles. The van der Waals surface area contributed by atoms with E-state index in [2.05, 4.69) is 15.9 Å². The van der Waals surface area contributed by atoms with E-state index in [1.165, 1.54) is 17.8 Å². The third-order valence-electron chi connectivity index (χ3n) is 2.44. The van der Waals surface area contributed by atoms with Crippen molar-refractivity contribution in [3.63, 3.8) is 0 Å². The summed E-state index contributed by atoms with van der Waals surface area (Å²) in [5.74, 6) is 0. The Bertz CT molecular complexity index is 601. The van der Waals surface area contributed by atoms with E-state index < -0.39 is 4.92 Å². The number of rotatable bonds is 4. The van der Waals surface area contributed by atoms with Crippen LogP contribution >= 0.6 is 27.7 Å². The van der Waals surface area contributed by atoms with Gasteiger partial charge in [-0.25, -0.2) is 0 Å². The molecule has 6 heteroatoms. The summed E-state index contributed by atoms with van der Waals surface area (Å²) in [5, 5.41) is 20.1. The number of aliphatic hydroxyl groups is 1. The summed E-state index contributed by atoms with van der Waals surface area (Å²) in [7, 11) is 0. The monoisotopic (exact) mass is 339 g/mol. The lowest BCUT2D eigenvalue weighted by Crippen LogP contribution is -1.93. The van der Waals surface area contributed by atoms with Crippen LogP contribution in [0.4, 0.5) is 5.69 Å². The van der Waals surface area contributed by atoms with Crippen molar-refractivity contribution in [2.45, 2.75) is 16.4 Å². The maximum absolute atomic E-state index is 11.0. The maximum atomic E-state index is 11.0. The molecule has 2 rings (SSSR count).